The van der Waals surface area contributed by atoms with Crippen LogP contribution in [0.4, 0.5) is 0 Å². The average Bonchev–Trinajstić information content (AvgIpc) is 3.33. The molecule has 0 spiro atoms. The zero-order valence-corrected chi connectivity index (χ0v) is 43.6. The topological polar surface area (TPSA) is 78.9 Å². The zero-order valence-electron chi connectivity index (χ0n) is 43.6. The van der Waals surface area contributed by atoms with Crippen molar-refractivity contribution in [3.63, 3.8) is 0 Å². The van der Waals surface area contributed by atoms with Gasteiger partial charge >= 0.3 is 17.9 Å². The van der Waals surface area contributed by atoms with Crippen LogP contribution in [0.2, 0.25) is 0 Å². The van der Waals surface area contributed by atoms with Gasteiger partial charge < -0.3 is 14.2 Å². The van der Waals surface area contributed by atoms with E-state index >= 15 is 0 Å². The first-order valence-corrected chi connectivity index (χ1v) is 27.7. The first-order chi connectivity index (χ1) is 33.0. The molecule has 0 aliphatic carbocycles. The van der Waals surface area contributed by atoms with E-state index in [9.17, 15) is 14.4 Å². The van der Waals surface area contributed by atoms with Gasteiger partial charge in [-0.2, -0.15) is 0 Å². The fourth-order valence-corrected chi connectivity index (χ4v) is 7.45. The molecule has 0 amide bonds. The minimum Gasteiger partial charge on any atom is -0.462 e. The van der Waals surface area contributed by atoms with Gasteiger partial charge in [0.1, 0.15) is 13.2 Å². The number of carbonyl (C=O) groups excluding carboxylic acids is 3. The summed E-state index contributed by atoms with van der Waals surface area (Å²) in [6.45, 7) is 6.42. The maximum atomic E-state index is 12.8. The number of carbonyl (C=O) groups is 3. The fourth-order valence-electron chi connectivity index (χ4n) is 7.45. The lowest BCUT2D eigenvalue weighted by atomic mass is 10.0. The van der Waals surface area contributed by atoms with Gasteiger partial charge in [0, 0.05) is 19.3 Å². The highest BCUT2D eigenvalue weighted by molar-refractivity contribution is 5.71. The van der Waals surface area contributed by atoms with Crippen LogP contribution >= 0.6 is 0 Å². The van der Waals surface area contributed by atoms with Crippen LogP contribution in [-0.4, -0.2) is 37.2 Å². The van der Waals surface area contributed by atoms with Crippen LogP contribution in [0, 0.1) is 0 Å². The summed E-state index contributed by atoms with van der Waals surface area (Å²) in [7, 11) is 0. The van der Waals surface area contributed by atoms with E-state index in [1.807, 2.05) is 12.2 Å². The molecule has 6 nitrogen and oxygen atoms in total. The molecule has 1 atom stereocenters. The standard InChI is InChI=1S/C61H102O6/c1-4-7-10-13-16-19-22-25-28-31-34-36-39-42-45-48-51-54-60(63)66-57-58(67-61(64)55-52-49-46-43-40-37-33-30-27-24-21-18-15-12-9-6-3)56-65-59(62)53-50-47-44-41-38-35-32-29-26-23-20-17-14-11-8-5-2/h9,12,18,21,25,27-28,30,34,36-37,40,42,45-46,49,58H,4-8,10-11,13-17,19-20,22-24,26,29,31-33,35,38-39,41,43-44,47-48,50-57H2,1-3H3/b12-9-,21-18-,28-25-,30-27-,36-34-,40-37-,45-42-,49-46-. The second kappa shape index (κ2) is 54.9. The summed E-state index contributed by atoms with van der Waals surface area (Å²) in [5.41, 5.74) is 0. The predicted molar refractivity (Wildman–Crippen MR) is 288 cm³/mol. The quantitative estimate of drug-likeness (QED) is 0.0262. The number of allylic oxidation sites excluding steroid dienone is 16. The Kier molecular flexibility index (Phi) is 51.9. The van der Waals surface area contributed by atoms with Gasteiger partial charge in [0.25, 0.3) is 0 Å². The highest BCUT2D eigenvalue weighted by Crippen LogP contribution is 2.15. The van der Waals surface area contributed by atoms with Crippen LogP contribution in [0.15, 0.2) is 97.2 Å². The maximum Gasteiger partial charge on any atom is 0.306 e. The molecule has 0 N–H and O–H groups in total. The van der Waals surface area contributed by atoms with Crippen LogP contribution < -0.4 is 0 Å². The van der Waals surface area contributed by atoms with E-state index in [0.29, 0.717) is 19.3 Å². The van der Waals surface area contributed by atoms with Gasteiger partial charge in [0.2, 0.25) is 0 Å². The number of hydrogen-bond acceptors (Lipinski definition) is 6. The van der Waals surface area contributed by atoms with Crippen molar-refractivity contribution >= 4 is 17.9 Å². The molecule has 0 fully saturated rings. The summed E-state index contributed by atoms with van der Waals surface area (Å²) in [6.07, 6.45) is 72.7. The normalized spacial score (nSPS) is 12.8. The SMILES string of the molecule is CC/C=C\C/C=C\C/C=C\C/C=C\C/C=C\CCC(=O)OC(COC(=O)CCC/C=C\C/C=C\C/C=C\CCCCCCCC)COC(=O)CCCCCCCCCCCCCCCCCC. The summed E-state index contributed by atoms with van der Waals surface area (Å²) in [4.78, 5) is 38.0. The third-order valence-electron chi connectivity index (χ3n) is 11.6. The van der Waals surface area contributed by atoms with Crippen molar-refractivity contribution in [2.45, 2.75) is 258 Å². The first kappa shape index (κ1) is 63.3. The second-order valence-corrected chi connectivity index (χ2v) is 18.1. The van der Waals surface area contributed by atoms with E-state index in [4.69, 9.17) is 14.2 Å². The van der Waals surface area contributed by atoms with Crippen LogP contribution in [0.25, 0.3) is 0 Å². The molecular formula is C61H102O6. The van der Waals surface area contributed by atoms with Crippen molar-refractivity contribution in [3.05, 3.63) is 97.2 Å². The molecule has 382 valence electrons. The molecule has 0 aromatic heterocycles. The van der Waals surface area contributed by atoms with Gasteiger partial charge in [-0.3, -0.25) is 14.4 Å². The first-order valence-electron chi connectivity index (χ1n) is 27.7. The van der Waals surface area contributed by atoms with Crippen molar-refractivity contribution in [1.82, 2.24) is 0 Å². The van der Waals surface area contributed by atoms with E-state index in [0.717, 1.165) is 70.6 Å². The van der Waals surface area contributed by atoms with Crippen LogP contribution in [0.5, 0.6) is 0 Å². The Balaban J connectivity index is 4.55. The molecule has 0 saturated heterocycles. The fraction of sp³-hybridized carbons (Fsp3) is 0.689. The molecular weight excluding hydrogens is 829 g/mol. The highest BCUT2D eigenvalue weighted by atomic mass is 16.6. The lowest BCUT2D eigenvalue weighted by molar-refractivity contribution is -0.166. The molecule has 0 aliphatic rings. The Morgan fingerprint density at radius 3 is 1.03 bits per heavy atom. The van der Waals surface area contributed by atoms with Crippen molar-refractivity contribution in [1.29, 1.82) is 0 Å². The molecule has 0 radical (unpaired) electrons. The minimum absolute atomic E-state index is 0.121. The molecule has 1 unspecified atom stereocenters. The summed E-state index contributed by atoms with van der Waals surface area (Å²) in [6, 6.07) is 0. The van der Waals surface area contributed by atoms with Gasteiger partial charge in [-0.25, -0.2) is 0 Å². The molecule has 0 saturated carbocycles. The van der Waals surface area contributed by atoms with Gasteiger partial charge in [0.05, 0.1) is 0 Å². The van der Waals surface area contributed by atoms with Crippen LogP contribution in [-0.2, 0) is 28.6 Å². The number of ether oxygens (including phenoxy) is 3. The Hall–Kier alpha value is -3.67. The number of unbranched alkanes of at least 4 members (excludes halogenated alkanes) is 22. The van der Waals surface area contributed by atoms with Crippen molar-refractivity contribution < 1.29 is 28.6 Å². The smallest absolute Gasteiger partial charge is 0.306 e. The zero-order chi connectivity index (χ0) is 48.6. The van der Waals surface area contributed by atoms with Gasteiger partial charge in [-0.05, 0) is 83.5 Å². The lowest BCUT2D eigenvalue weighted by Crippen LogP contribution is -2.30. The Labute approximate surface area is 413 Å². The average molecular weight is 931 g/mol. The molecule has 67 heavy (non-hydrogen) atoms. The minimum atomic E-state index is -0.836. The summed E-state index contributed by atoms with van der Waals surface area (Å²) in [5, 5.41) is 0. The Morgan fingerprint density at radius 2 is 0.627 bits per heavy atom. The summed E-state index contributed by atoms with van der Waals surface area (Å²) in [5.74, 6) is -1.06. The molecule has 0 rings (SSSR count). The molecule has 0 aromatic carbocycles. The van der Waals surface area contributed by atoms with Crippen molar-refractivity contribution in [2.24, 2.45) is 0 Å². The van der Waals surface area contributed by atoms with Gasteiger partial charge in [0.15, 0.2) is 6.10 Å². The summed E-state index contributed by atoms with van der Waals surface area (Å²) < 4.78 is 16.7. The molecule has 0 heterocycles. The van der Waals surface area contributed by atoms with Gasteiger partial charge in [-0.1, -0.05) is 246 Å². The monoisotopic (exact) mass is 931 g/mol. The van der Waals surface area contributed by atoms with E-state index in [1.165, 1.54) is 128 Å². The van der Waals surface area contributed by atoms with Crippen LogP contribution in [0.3, 0.4) is 0 Å². The number of esters is 3. The summed E-state index contributed by atoms with van der Waals surface area (Å²) >= 11 is 0. The van der Waals surface area contributed by atoms with E-state index < -0.39 is 12.1 Å². The van der Waals surface area contributed by atoms with E-state index in [2.05, 4.69) is 106 Å². The molecule has 0 aromatic rings. The van der Waals surface area contributed by atoms with Crippen LogP contribution in [0.1, 0.15) is 252 Å². The van der Waals surface area contributed by atoms with Crippen molar-refractivity contribution in [2.75, 3.05) is 13.2 Å². The number of rotatable bonds is 49. The lowest BCUT2D eigenvalue weighted by Gasteiger charge is -2.18. The third kappa shape index (κ3) is 53.2. The second-order valence-electron chi connectivity index (χ2n) is 18.1. The Morgan fingerprint density at radius 1 is 0.313 bits per heavy atom. The van der Waals surface area contributed by atoms with Crippen molar-refractivity contribution in [3.8, 4) is 0 Å². The largest absolute Gasteiger partial charge is 0.462 e. The highest BCUT2D eigenvalue weighted by Gasteiger charge is 2.19. The van der Waals surface area contributed by atoms with Gasteiger partial charge in [-0.15, -0.1) is 0 Å². The van der Waals surface area contributed by atoms with E-state index in [-0.39, 0.29) is 38.0 Å². The predicted octanol–water partition coefficient (Wildman–Crippen LogP) is 18.5. The molecule has 0 aliphatic heterocycles. The molecule has 6 heteroatoms. The van der Waals surface area contributed by atoms with E-state index in [1.54, 1.807) is 0 Å². The maximum absolute atomic E-state index is 12.8. The Bertz CT molecular complexity index is 1350. The third-order valence-corrected chi connectivity index (χ3v) is 11.6. The molecule has 0 bridgehead atoms. The number of hydrogen-bond donors (Lipinski definition) is 0.